The number of para-hydroxylation sites is 2. The highest BCUT2D eigenvalue weighted by molar-refractivity contribution is 7.00. The average molecular weight is 1820 g/mol. The van der Waals surface area contributed by atoms with E-state index in [9.17, 15) is 23.3 Å². The fourth-order valence-electron chi connectivity index (χ4n) is 20.0. The third kappa shape index (κ3) is 17.3. The fraction of sp³-hybridized carbons (Fsp3) is 0.364. The van der Waals surface area contributed by atoms with E-state index in [-0.39, 0.29) is 142 Å². The average Bonchev–Trinajstić information content (AvgIpc) is 1.03. The van der Waals surface area contributed by atoms with Crippen LogP contribution in [0.5, 0.6) is 0 Å². The van der Waals surface area contributed by atoms with Gasteiger partial charge in [0, 0.05) is 77.9 Å². The van der Waals surface area contributed by atoms with E-state index in [0.717, 1.165) is 94.1 Å². The second-order valence-electron chi connectivity index (χ2n) is 51.6. The third-order valence-corrected chi connectivity index (χ3v) is 28.5. The molecule has 0 saturated carbocycles. The Bertz CT molecular complexity index is 8430. The van der Waals surface area contributed by atoms with Crippen molar-refractivity contribution in [2.24, 2.45) is 0 Å². The van der Waals surface area contributed by atoms with Crippen molar-refractivity contribution in [3.63, 3.8) is 0 Å². The first kappa shape index (κ1) is 76.3. The van der Waals surface area contributed by atoms with Crippen LogP contribution in [-0.4, -0.2) is 15.8 Å². The van der Waals surface area contributed by atoms with Crippen LogP contribution in [0.25, 0.3) is 111 Å². The Balaban J connectivity index is 1.20. The van der Waals surface area contributed by atoms with Gasteiger partial charge in [-0.2, -0.15) is 0 Å². The van der Waals surface area contributed by atoms with Crippen LogP contribution in [0.15, 0.2) is 260 Å². The van der Waals surface area contributed by atoms with Gasteiger partial charge in [0.15, 0.2) is 0 Å². The molecule has 137 heavy (non-hydrogen) atoms. The van der Waals surface area contributed by atoms with Crippen molar-refractivity contribution in [3.05, 3.63) is 327 Å². The summed E-state index contributed by atoms with van der Waals surface area (Å²) in [5.74, 6) is 0. The molecule has 702 valence electrons. The fourth-order valence-corrected chi connectivity index (χ4v) is 20.0. The van der Waals surface area contributed by atoms with Gasteiger partial charge < -0.3 is 18.9 Å². The molecule has 2 aliphatic rings. The van der Waals surface area contributed by atoms with E-state index in [1.807, 2.05) is 95.2 Å². The van der Waals surface area contributed by atoms with Crippen molar-refractivity contribution in [1.82, 2.24) is 9.13 Å². The Morgan fingerprint density at radius 3 is 1.04 bits per heavy atom. The van der Waals surface area contributed by atoms with Crippen molar-refractivity contribution < 1.29 is 23.3 Å². The van der Waals surface area contributed by atoms with Crippen LogP contribution in [0, 0.1) is 0 Å². The molecule has 0 N–H and O–H groups in total. The summed E-state index contributed by atoms with van der Waals surface area (Å²) in [5.41, 5.74) is 13.5. The number of hydrogen-bond donors (Lipinski definition) is 0. The maximum absolute atomic E-state index is 12.1. The summed E-state index contributed by atoms with van der Waals surface area (Å²) in [7, 11) is 0. The topological polar surface area (TPSA) is 16.3 Å². The lowest BCUT2D eigenvalue weighted by Gasteiger charge is -2.46. The molecule has 4 heterocycles. The third-order valence-electron chi connectivity index (χ3n) is 28.5. The first-order valence-corrected chi connectivity index (χ1v) is 49.4. The van der Waals surface area contributed by atoms with Crippen LogP contribution < -0.4 is 26.2 Å². The van der Waals surface area contributed by atoms with E-state index >= 15 is 0 Å². The zero-order valence-electron chi connectivity index (χ0n) is 105. The summed E-state index contributed by atoms with van der Waals surface area (Å²) in [4.78, 5) is 4.52. The number of fused-ring (bicyclic) bond motifs is 10. The van der Waals surface area contributed by atoms with Crippen LogP contribution in [-0.2, 0) is 65.0 Å². The minimum absolute atomic E-state index is 0.0435. The minimum Gasteiger partial charge on any atom is -0.310 e. The Morgan fingerprint density at radius 2 is 0.591 bits per heavy atom. The van der Waals surface area contributed by atoms with Crippen molar-refractivity contribution in [2.45, 2.75) is 314 Å². The van der Waals surface area contributed by atoms with Gasteiger partial charge in [-0.15, -0.1) is 0 Å². The van der Waals surface area contributed by atoms with Gasteiger partial charge in [-0.25, -0.2) is 0 Å². The smallest absolute Gasteiger partial charge is 0.252 e. The molecule has 0 saturated heterocycles. The highest BCUT2D eigenvalue weighted by Gasteiger charge is 2.48. The van der Waals surface area contributed by atoms with E-state index in [0.29, 0.717) is 56.1 Å². The number of benzene rings is 14. The number of nitrogens with zero attached hydrogens (tertiary/aromatic N) is 4. The maximum atomic E-state index is 12.1. The van der Waals surface area contributed by atoms with Crippen molar-refractivity contribution >= 4 is 101 Å². The summed E-state index contributed by atoms with van der Waals surface area (Å²) in [6, 6.07) is 51.0. The molecule has 0 radical (unpaired) electrons. The molecule has 0 aliphatic carbocycles. The van der Waals surface area contributed by atoms with Crippen LogP contribution >= 0.6 is 0 Å². The van der Waals surface area contributed by atoms with Gasteiger partial charge in [0.2, 0.25) is 0 Å². The highest BCUT2D eigenvalue weighted by Crippen LogP contribution is 2.59. The van der Waals surface area contributed by atoms with Crippen LogP contribution in [0.2, 0.25) is 0 Å². The number of anilines is 6. The predicted molar refractivity (Wildman–Crippen MR) is 601 cm³/mol. The zero-order chi connectivity index (χ0) is 114. The second-order valence-corrected chi connectivity index (χ2v) is 51.6. The highest BCUT2D eigenvalue weighted by atomic mass is 15.2. The van der Waals surface area contributed by atoms with Gasteiger partial charge in [0.1, 0.15) is 0 Å². The quantitative estimate of drug-likeness (QED) is 0.134. The summed E-state index contributed by atoms with van der Waals surface area (Å²) in [6.07, 6.45) is 0. The first-order valence-electron chi connectivity index (χ1n) is 57.9. The van der Waals surface area contributed by atoms with E-state index < -0.39 is 110 Å². The molecule has 0 unspecified atom stereocenters. The molecule has 2 aliphatic heterocycles. The molecule has 5 heteroatoms. The second kappa shape index (κ2) is 32.5. The van der Waals surface area contributed by atoms with Gasteiger partial charge in [0.05, 0.1) is 56.7 Å². The molecule has 2 aromatic heterocycles. The molecule has 0 bridgehead atoms. The van der Waals surface area contributed by atoms with Crippen LogP contribution in [0.3, 0.4) is 0 Å². The molecule has 18 rings (SSSR count). The van der Waals surface area contributed by atoms with E-state index in [2.05, 4.69) is 326 Å². The predicted octanol–water partition coefficient (Wildman–Crippen LogP) is 35.9. The lowest BCUT2D eigenvalue weighted by molar-refractivity contribution is 0.568. The van der Waals surface area contributed by atoms with Gasteiger partial charge in [-0.1, -0.05) is 413 Å². The molecular formula is C132H151BN4. The monoisotopic (exact) mass is 1820 g/mol. The minimum atomic E-state index is -1.18. The van der Waals surface area contributed by atoms with Crippen molar-refractivity contribution in [3.8, 4) is 67.0 Å². The largest absolute Gasteiger partial charge is 0.310 e. The summed E-state index contributed by atoms with van der Waals surface area (Å²) in [5, 5.41) is 1.81. The van der Waals surface area contributed by atoms with Gasteiger partial charge in [-0.05, 0) is 278 Å². The molecule has 0 atom stereocenters. The number of rotatable bonds is 9. The van der Waals surface area contributed by atoms with E-state index in [4.69, 9.17) is 0 Å². The lowest BCUT2D eigenvalue weighted by atomic mass is 9.33. The van der Waals surface area contributed by atoms with E-state index in [1.165, 1.54) is 0 Å². The Labute approximate surface area is 846 Å². The molecule has 4 nitrogen and oxygen atoms in total. The summed E-state index contributed by atoms with van der Waals surface area (Å²) < 4.78 is 184. The Morgan fingerprint density at radius 1 is 0.212 bits per heavy atom. The lowest BCUT2D eigenvalue weighted by Crippen LogP contribution is -2.61. The van der Waals surface area contributed by atoms with Crippen LogP contribution in [0.1, 0.15) is 339 Å². The first-order chi connectivity index (χ1) is 70.6. The normalized spacial score (nSPS) is 15.7. The molecule has 0 amide bonds. The van der Waals surface area contributed by atoms with Crippen LogP contribution in [0.4, 0.5) is 34.1 Å². The van der Waals surface area contributed by atoms with Gasteiger partial charge in [0.25, 0.3) is 6.71 Å². The molecule has 0 fully saturated rings. The molecule has 14 aromatic carbocycles. The van der Waals surface area contributed by atoms with Crippen molar-refractivity contribution in [2.75, 3.05) is 9.80 Å². The zero-order valence-corrected chi connectivity index (χ0v) is 88.4. The summed E-state index contributed by atoms with van der Waals surface area (Å²) in [6.45, 7) is 75.6. The summed E-state index contributed by atoms with van der Waals surface area (Å²) >= 11 is 0. The Kier molecular flexibility index (Phi) is 18.1. The molecule has 16 aromatic rings. The SMILES string of the molecule is [2H]c1c([2H])c(C(C)(C)C)c([2H])c([2H])c1-c1c([2H])c(C(C)(C)C)c([2H])c(-c2c([2H])c(C(C)(C)C)c([2H])c([2H])c2C(C)(C)C)c1N1c2cc(-n3c4ccc(C(C)(C)C)cc4c4cc(C(C)(C)C)ccc43)ccc2B2c3ccc(-n4c5c([2H])c([2H])c([2H])c([2H])c5c5c([2H])c([2H])c([2H])c([2H])c54)cc3N(c3c(-c4ccc(C(C)(C)C)cc4)cc(C(C)(C)C)cc3-c3ccc(C(C)(C)C)cc3C(C)(C)C)c3cc(-c4cc(C(C)(C)C)cc(C(C)(C)C)c4)cc1c32. The van der Waals surface area contributed by atoms with Gasteiger partial charge >= 0.3 is 0 Å². The van der Waals surface area contributed by atoms with Crippen molar-refractivity contribution in [1.29, 1.82) is 0 Å². The van der Waals surface area contributed by atoms with Gasteiger partial charge in [-0.3, -0.25) is 0 Å². The maximum Gasteiger partial charge on any atom is 0.252 e. The standard InChI is InChI=1S/C132H151BN4/c1-121(2,3)84-49-45-80(46-50-84)99-73-92(129(25,26)27)75-104(96-59-53-89(126(16,17)18)77-107(96)132(34,35)36)119(99)136-114-78-94(134-110-43-39-37-41-97(110)98-42-38-40-44-111(98)134)57-61-108(114)133-109-62-58-95(135-112-63-55-87(124(10,11)12)71-102(112)103-72-88(125(13,14)15)56-64-113(103)135)79-115(109)137(117-68-83(67-116(136)118(117)133)82-65-90(127(19,20)21)69-91(66-82)128(22,23)24)120-100(81-47-51-85(52-48-81)122(4,5)6)74-93(130(28,29)30)76-105(120)101-70-86(123(7,8)9)54-60-106(101)131(31,32)33/h37-79H,1-36H3/i37D,38D,39D,40D,41D,42D,43D,44D,47D,48D,51D,52D,54D,60D,70D,74D,76D. The molecular weight excluding hydrogens is 1650 g/mol. The molecule has 0 spiro atoms. The van der Waals surface area contributed by atoms with E-state index in [1.54, 1.807) is 4.57 Å². The Hall–Kier alpha value is -11.7. The number of hydrogen-bond acceptors (Lipinski definition) is 2. The number of aromatic nitrogens is 2.